The fraction of sp³-hybridized carbons (Fsp3) is 0.227. The summed E-state index contributed by atoms with van der Waals surface area (Å²) in [7, 11) is 0. The average Bonchev–Trinajstić information content (AvgIpc) is 2.84. The average molecular weight is 509 g/mol. The van der Waals surface area contributed by atoms with E-state index in [0.717, 1.165) is 12.1 Å². The van der Waals surface area contributed by atoms with Crippen molar-refractivity contribution in [3.63, 3.8) is 0 Å². The minimum Gasteiger partial charge on any atom is -0.337 e. The Kier molecular flexibility index (Phi) is 6.83. The molecule has 182 valence electrons. The monoisotopic (exact) mass is 508 g/mol. The van der Waals surface area contributed by atoms with Crippen molar-refractivity contribution < 1.29 is 27.2 Å². The molecule has 1 saturated heterocycles. The Bertz CT molecular complexity index is 1240. The highest BCUT2D eigenvalue weighted by Gasteiger charge is 2.39. The lowest BCUT2D eigenvalue weighted by Gasteiger charge is -2.36. The number of nitrogens with zero attached hydrogens (tertiary/aromatic N) is 5. The van der Waals surface area contributed by atoms with Gasteiger partial charge >= 0.3 is 6.18 Å². The molecule has 1 aliphatic heterocycles. The molecule has 0 spiro atoms. The normalized spacial score (nSPS) is 14.1. The number of rotatable bonds is 4. The van der Waals surface area contributed by atoms with E-state index in [1.807, 2.05) is 0 Å². The van der Waals surface area contributed by atoms with Gasteiger partial charge in [0.15, 0.2) is 11.5 Å². The van der Waals surface area contributed by atoms with E-state index < -0.39 is 34.9 Å². The number of benzene rings is 1. The number of anilines is 2. The maximum absolute atomic E-state index is 13.9. The summed E-state index contributed by atoms with van der Waals surface area (Å²) < 4.78 is 54.0. The largest absolute Gasteiger partial charge is 0.420 e. The number of alkyl halides is 3. The first-order chi connectivity index (χ1) is 16.6. The molecule has 0 atom stereocenters. The van der Waals surface area contributed by atoms with Crippen molar-refractivity contribution in [2.24, 2.45) is 0 Å². The molecular formula is C22H17ClF4N6O2. The molecule has 35 heavy (non-hydrogen) atoms. The third-order valence-electron chi connectivity index (χ3n) is 5.19. The zero-order valence-corrected chi connectivity index (χ0v) is 18.6. The van der Waals surface area contributed by atoms with Crippen LogP contribution >= 0.6 is 11.6 Å². The fourth-order valence-electron chi connectivity index (χ4n) is 3.56. The molecule has 1 fully saturated rings. The van der Waals surface area contributed by atoms with E-state index in [4.69, 9.17) is 11.6 Å². The highest BCUT2D eigenvalue weighted by Crippen LogP contribution is 2.35. The van der Waals surface area contributed by atoms with E-state index in [-0.39, 0.29) is 24.7 Å². The van der Waals surface area contributed by atoms with Crippen LogP contribution in [0, 0.1) is 5.82 Å². The third-order valence-corrected chi connectivity index (χ3v) is 5.41. The number of hydrogen-bond acceptors (Lipinski definition) is 6. The summed E-state index contributed by atoms with van der Waals surface area (Å²) in [4.78, 5) is 32.0. The fourth-order valence-corrected chi connectivity index (χ4v) is 3.67. The second kappa shape index (κ2) is 9.82. The van der Waals surface area contributed by atoms with Crippen molar-refractivity contribution in [2.45, 2.75) is 12.6 Å². The lowest BCUT2D eigenvalue weighted by Crippen LogP contribution is -2.48. The third kappa shape index (κ3) is 5.48. The van der Waals surface area contributed by atoms with Crippen LogP contribution < -0.4 is 10.2 Å². The van der Waals surface area contributed by atoms with Crippen LogP contribution in [0.4, 0.5) is 29.2 Å². The number of nitrogens with one attached hydrogen (secondary N) is 1. The number of hydrogen-bond donors (Lipinski definition) is 1. The predicted molar refractivity (Wildman–Crippen MR) is 119 cm³/mol. The first-order valence-corrected chi connectivity index (χ1v) is 10.7. The number of pyridine rings is 1. The molecule has 3 aromatic rings. The van der Waals surface area contributed by atoms with E-state index >= 15 is 0 Å². The molecule has 2 amide bonds. The van der Waals surface area contributed by atoms with Crippen molar-refractivity contribution in [3.8, 4) is 0 Å². The maximum Gasteiger partial charge on any atom is 0.420 e. The van der Waals surface area contributed by atoms with Gasteiger partial charge in [0.2, 0.25) is 0 Å². The molecule has 8 nitrogen and oxygen atoms in total. The Morgan fingerprint density at radius 3 is 2.49 bits per heavy atom. The highest BCUT2D eigenvalue weighted by atomic mass is 35.5. The van der Waals surface area contributed by atoms with E-state index in [0.29, 0.717) is 29.9 Å². The number of carbonyl (C=O) groups excluding carboxylic acids is 2. The van der Waals surface area contributed by atoms with Crippen molar-refractivity contribution in [2.75, 3.05) is 30.0 Å². The van der Waals surface area contributed by atoms with E-state index in [1.54, 1.807) is 11.0 Å². The summed E-state index contributed by atoms with van der Waals surface area (Å²) in [6, 6.07) is 8.69. The zero-order valence-electron chi connectivity index (χ0n) is 17.9. The molecule has 1 N–H and O–H groups in total. The quantitative estimate of drug-likeness (QED) is 0.530. The lowest BCUT2D eigenvalue weighted by atomic mass is 10.0. The molecule has 0 bridgehead atoms. The molecular weight excluding hydrogens is 492 g/mol. The SMILES string of the molecule is O=C(Nc1ccc(Cl)cn1)c1ccc(N2CCCN(C(=O)c3cccc(F)c3C(F)(F)F)C2)nn1. The van der Waals surface area contributed by atoms with Gasteiger partial charge in [0.1, 0.15) is 17.2 Å². The molecule has 0 saturated carbocycles. The molecule has 3 heterocycles. The van der Waals surface area contributed by atoms with Gasteiger partial charge in [-0.15, -0.1) is 10.2 Å². The Hall–Kier alpha value is -3.80. The number of amides is 2. The van der Waals surface area contributed by atoms with Crippen LogP contribution in [0.15, 0.2) is 48.7 Å². The van der Waals surface area contributed by atoms with Gasteiger partial charge in [0.25, 0.3) is 11.8 Å². The minimum absolute atomic E-state index is 0.00465. The van der Waals surface area contributed by atoms with Crippen LogP contribution in [0.25, 0.3) is 0 Å². The zero-order chi connectivity index (χ0) is 25.2. The molecule has 2 aromatic heterocycles. The summed E-state index contributed by atoms with van der Waals surface area (Å²) in [5, 5.41) is 10.9. The Labute approximate surface area is 201 Å². The van der Waals surface area contributed by atoms with E-state index in [1.165, 1.54) is 29.3 Å². The molecule has 13 heteroatoms. The number of carbonyl (C=O) groups is 2. The Morgan fingerprint density at radius 1 is 1.03 bits per heavy atom. The molecule has 1 aromatic carbocycles. The van der Waals surface area contributed by atoms with Crippen LogP contribution in [-0.4, -0.2) is 51.7 Å². The maximum atomic E-state index is 13.9. The predicted octanol–water partition coefficient (Wildman–Crippen LogP) is 4.25. The van der Waals surface area contributed by atoms with Crippen LogP contribution in [0.3, 0.4) is 0 Å². The van der Waals surface area contributed by atoms with Crippen LogP contribution in [0.2, 0.25) is 5.02 Å². The smallest absolute Gasteiger partial charge is 0.337 e. The van der Waals surface area contributed by atoms with Crippen molar-refractivity contribution in [1.29, 1.82) is 0 Å². The van der Waals surface area contributed by atoms with Crippen molar-refractivity contribution >= 4 is 35.1 Å². The second-order valence-corrected chi connectivity index (χ2v) is 8.02. The van der Waals surface area contributed by atoms with Crippen LogP contribution in [-0.2, 0) is 6.18 Å². The van der Waals surface area contributed by atoms with Crippen LogP contribution in [0.1, 0.15) is 32.8 Å². The molecule has 0 unspecified atom stereocenters. The minimum atomic E-state index is -5.02. The van der Waals surface area contributed by atoms with E-state index in [2.05, 4.69) is 20.5 Å². The van der Waals surface area contributed by atoms with Gasteiger partial charge in [0, 0.05) is 19.3 Å². The standard InChI is InChI=1S/C22H17ClF4N6O2/c23-13-5-7-17(28-11-13)29-20(34)16-6-8-18(31-30-16)32-9-2-10-33(12-32)21(35)14-3-1-4-15(24)19(14)22(25,26)27/h1,3-8,11H,2,9-10,12H2,(H,28,29,34). The van der Waals surface area contributed by atoms with E-state index in [9.17, 15) is 27.2 Å². The van der Waals surface area contributed by atoms with Crippen molar-refractivity contribution in [1.82, 2.24) is 20.1 Å². The van der Waals surface area contributed by atoms with Gasteiger partial charge in [-0.05, 0) is 42.8 Å². The Morgan fingerprint density at radius 2 is 1.83 bits per heavy atom. The summed E-state index contributed by atoms with van der Waals surface area (Å²) in [6.07, 6.45) is -3.21. The number of aromatic nitrogens is 3. The summed E-state index contributed by atoms with van der Waals surface area (Å²) in [5.41, 5.74) is -2.34. The highest BCUT2D eigenvalue weighted by molar-refractivity contribution is 6.30. The van der Waals surface area contributed by atoms with Gasteiger partial charge in [-0.2, -0.15) is 13.2 Å². The first-order valence-electron chi connectivity index (χ1n) is 10.3. The van der Waals surface area contributed by atoms with Gasteiger partial charge < -0.3 is 15.1 Å². The lowest BCUT2D eigenvalue weighted by molar-refractivity contribution is -0.140. The van der Waals surface area contributed by atoms with Gasteiger partial charge in [-0.1, -0.05) is 17.7 Å². The summed E-state index contributed by atoms with van der Waals surface area (Å²) >= 11 is 5.76. The summed E-state index contributed by atoms with van der Waals surface area (Å²) in [5.74, 6) is -2.42. The van der Waals surface area contributed by atoms with Crippen LogP contribution in [0.5, 0.6) is 0 Å². The molecule has 1 aliphatic rings. The first kappa shape index (κ1) is 24.3. The van der Waals surface area contributed by atoms with Crippen molar-refractivity contribution in [3.05, 3.63) is 76.3 Å². The second-order valence-electron chi connectivity index (χ2n) is 7.58. The van der Waals surface area contributed by atoms with Gasteiger partial charge in [0.05, 0.1) is 17.3 Å². The summed E-state index contributed by atoms with van der Waals surface area (Å²) in [6.45, 7) is 0.556. The molecule has 0 radical (unpaired) electrons. The van der Waals surface area contributed by atoms with Gasteiger partial charge in [-0.3, -0.25) is 9.59 Å². The Balaban J connectivity index is 1.47. The van der Waals surface area contributed by atoms with Gasteiger partial charge in [-0.25, -0.2) is 9.37 Å². The number of halogens is 5. The molecule has 0 aliphatic carbocycles. The molecule has 4 rings (SSSR count). The topological polar surface area (TPSA) is 91.3 Å².